The first-order valence-corrected chi connectivity index (χ1v) is 7.61. The molecule has 1 heterocycles. The van der Waals surface area contributed by atoms with E-state index in [2.05, 4.69) is 22.9 Å². The predicted molar refractivity (Wildman–Crippen MR) is 84.2 cm³/mol. The Bertz CT molecular complexity index is 633. The molecular weight excluding hydrogens is 352 g/mol. The molecule has 0 spiro atoms. The van der Waals surface area contributed by atoms with Crippen molar-refractivity contribution in [2.24, 2.45) is 0 Å². The topological polar surface area (TPSA) is 84.5 Å². The minimum atomic E-state index is -0.819. The molecule has 1 saturated heterocycles. The summed E-state index contributed by atoms with van der Waals surface area (Å²) in [7, 11) is 0. The number of urea groups is 1. The zero-order valence-electron chi connectivity index (χ0n) is 11.9. The van der Waals surface area contributed by atoms with Gasteiger partial charge in [0, 0.05) is 10.0 Å². The highest BCUT2D eigenvalue weighted by atomic mass is 79.9. The number of hydrogen-bond donors (Lipinski definition) is 2. The standard InChI is InChI=1S/C15H15BrN2O4/c1-2-3-6-22-12-5-4-10(16)7-9(12)8-11-13(19)17-15(21)18-14(11)20/h4-5,7-8H,2-3,6H2,1H3,(H2,17,18,19,20,21). The summed E-state index contributed by atoms with van der Waals surface area (Å²) < 4.78 is 6.46. The molecule has 1 aliphatic rings. The Hall–Kier alpha value is -2.15. The Morgan fingerprint density at radius 1 is 1.18 bits per heavy atom. The molecule has 1 aliphatic heterocycles. The Morgan fingerprint density at radius 3 is 2.50 bits per heavy atom. The number of halogens is 1. The summed E-state index contributed by atoms with van der Waals surface area (Å²) in [5.74, 6) is -0.886. The lowest BCUT2D eigenvalue weighted by atomic mass is 10.1. The van der Waals surface area contributed by atoms with E-state index in [-0.39, 0.29) is 5.57 Å². The molecule has 4 amide bonds. The van der Waals surface area contributed by atoms with E-state index < -0.39 is 17.8 Å². The lowest BCUT2D eigenvalue weighted by Gasteiger charge is -2.15. The summed E-state index contributed by atoms with van der Waals surface area (Å²) in [4.78, 5) is 34.6. The van der Waals surface area contributed by atoms with Crippen molar-refractivity contribution in [1.29, 1.82) is 0 Å². The maximum Gasteiger partial charge on any atom is 0.328 e. The minimum absolute atomic E-state index is 0.141. The number of imide groups is 2. The molecule has 2 N–H and O–H groups in total. The molecule has 6 nitrogen and oxygen atoms in total. The van der Waals surface area contributed by atoms with E-state index in [0.29, 0.717) is 17.9 Å². The summed E-state index contributed by atoms with van der Waals surface area (Å²) in [6.07, 6.45) is 3.31. The summed E-state index contributed by atoms with van der Waals surface area (Å²) in [5.41, 5.74) is 0.443. The van der Waals surface area contributed by atoms with Crippen LogP contribution < -0.4 is 15.4 Å². The largest absolute Gasteiger partial charge is 0.493 e. The van der Waals surface area contributed by atoms with Crippen molar-refractivity contribution in [1.82, 2.24) is 10.6 Å². The molecule has 0 saturated carbocycles. The van der Waals surface area contributed by atoms with E-state index in [9.17, 15) is 14.4 Å². The van der Waals surface area contributed by atoms with Crippen LogP contribution in [0.4, 0.5) is 4.79 Å². The van der Waals surface area contributed by atoms with Crippen LogP contribution in [0.2, 0.25) is 0 Å². The van der Waals surface area contributed by atoms with Gasteiger partial charge in [-0.05, 0) is 30.7 Å². The molecule has 0 unspecified atom stereocenters. The summed E-state index contributed by atoms with van der Waals surface area (Å²) in [6.45, 7) is 2.60. The summed E-state index contributed by atoms with van der Waals surface area (Å²) >= 11 is 3.34. The third-order valence-corrected chi connectivity index (χ3v) is 3.46. The molecule has 1 aromatic rings. The van der Waals surface area contributed by atoms with E-state index in [0.717, 1.165) is 17.3 Å². The van der Waals surface area contributed by atoms with Crippen molar-refractivity contribution in [3.05, 3.63) is 33.8 Å². The van der Waals surface area contributed by atoms with Gasteiger partial charge in [0.1, 0.15) is 11.3 Å². The van der Waals surface area contributed by atoms with Crippen molar-refractivity contribution < 1.29 is 19.1 Å². The van der Waals surface area contributed by atoms with Crippen molar-refractivity contribution >= 4 is 39.9 Å². The van der Waals surface area contributed by atoms with Crippen molar-refractivity contribution in [2.75, 3.05) is 6.61 Å². The highest BCUT2D eigenvalue weighted by molar-refractivity contribution is 9.10. The van der Waals surface area contributed by atoms with Gasteiger partial charge in [0.15, 0.2) is 0 Å². The quantitative estimate of drug-likeness (QED) is 0.476. The Morgan fingerprint density at radius 2 is 1.86 bits per heavy atom. The second kappa shape index (κ2) is 7.22. The minimum Gasteiger partial charge on any atom is -0.493 e. The number of carbonyl (C=O) groups is 3. The Labute approximate surface area is 136 Å². The van der Waals surface area contributed by atoms with Crippen LogP contribution in [0, 0.1) is 0 Å². The first-order valence-electron chi connectivity index (χ1n) is 6.82. The van der Waals surface area contributed by atoms with Gasteiger partial charge in [-0.1, -0.05) is 29.3 Å². The SMILES string of the molecule is CCCCOc1ccc(Br)cc1C=C1C(=O)NC(=O)NC1=O. The third kappa shape index (κ3) is 3.94. The fourth-order valence-electron chi connectivity index (χ4n) is 1.85. The van der Waals surface area contributed by atoms with E-state index in [1.807, 2.05) is 16.7 Å². The zero-order valence-corrected chi connectivity index (χ0v) is 13.5. The summed E-state index contributed by atoms with van der Waals surface area (Å²) in [5, 5.41) is 4.07. The summed E-state index contributed by atoms with van der Waals surface area (Å²) in [6, 6.07) is 4.50. The molecule has 0 aliphatic carbocycles. The number of barbiturate groups is 1. The maximum atomic E-state index is 11.8. The second-order valence-corrected chi connectivity index (χ2v) is 5.60. The average Bonchev–Trinajstić information content (AvgIpc) is 2.45. The van der Waals surface area contributed by atoms with Crippen LogP contribution >= 0.6 is 15.9 Å². The fourth-order valence-corrected chi connectivity index (χ4v) is 2.23. The molecule has 7 heteroatoms. The van der Waals surface area contributed by atoms with Crippen LogP contribution in [0.25, 0.3) is 6.08 Å². The molecule has 1 fully saturated rings. The van der Waals surface area contributed by atoms with Crippen LogP contribution in [0.15, 0.2) is 28.2 Å². The van der Waals surface area contributed by atoms with E-state index in [4.69, 9.17) is 4.74 Å². The lowest BCUT2D eigenvalue weighted by molar-refractivity contribution is -0.123. The van der Waals surface area contributed by atoms with Crippen LogP contribution in [-0.2, 0) is 9.59 Å². The number of unbranched alkanes of at least 4 members (excludes halogenated alkanes) is 1. The number of nitrogens with one attached hydrogen (secondary N) is 2. The van der Waals surface area contributed by atoms with Gasteiger partial charge in [0.05, 0.1) is 6.61 Å². The highest BCUT2D eigenvalue weighted by Gasteiger charge is 2.28. The molecule has 22 heavy (non-hydrogen) atoms. The number of rotatable bonds is 5. The predicted octanol–water partition coefficient (Wildman–Crippen LogP) is 2.38. The molecule has 116 valence electrons. The lowest BCUT2D eigenvalue weighted by Crippen LogP contribution is -2.51. The molecule has 0 atom stereocenters. The monoisotopic (exact) mass is 366 g/mol. The Balaban J connectivity index is 2.32. The van der Waals surface area contributed by atoms with Crippen LogP contribution in [0.5, 0.6) is 5.75 Å². The molecule has 0 bridgehead atoms. The van der Waals surface area contributed by atoms with Gasteiger partial charge in [-0.3, -0.25) is 20.2 Å². The molecule has 0 aromatic heterocycles. The van der Waals surface area contributed by atoms with Crippen LogP contribution in [0.3, 0.4) is 0 Å². The van der Waals surface area contributed by atoms with Gasteiger partial charge in [0.2, 0.25) is 0 Å². The van der Waals surface area contributed by atoms with E-state index in [1.54, 1.807) is 12.1 Å². The van der Waals surface area contributed by atoms with Crippen molar-refractivity contribution in [3.8, 4) is 5.75 Å². The Kier molecular flexibility index (Phi) is 5.32. The van der Waals surface area contributed by atoms with Gasteiger partial charge in [-0.25, -0.2) is 4.79 Å². The van der Waals surface area contributed by atoms with E-state index >= 15 is 0 Å². The molecule has 1 aromatic carbocycles. The number of hydrogen-bond acceptors (Lipinski definition) is 4. The smallest absolute Gasteiger partial charge is 0.328 e. The average molecular weight is 367 g/mol. The molecular formula is C15H15BrN2O4. The number of benzene rings is 1. The van der Waals surface area contributed by atoms with E-state index in [1.165, 1.54) is 6.08 Å². The van der Waals surface area contributed by atoms with Gasteiger partial charge in [0.25, 0.3) is 11.8 Å². The van der Waals surface area contributed by atoms with Crippen LogP contribution in [0.1, 0.15) is 25.3 Å². The fraction of sp³-hybridized carbons (Fsp3) is 0.267. The highest BCUT2D eigenvalue weighted by Crippen LogP contribution is 2.26. The third-order valence-electron chi connectivity index (χ3n) is 2.97. The van der Waals surface area contributed by atoms with Gasteiger partial charge < -0.3 is 4.74 Å². The zero-order chi connectivity index (χ0) is 16.1. The first-order chi connectivity index (χ1) is 10.5. The first kappa shape index (κ1) is 16.2. The maximum absolute atomic E-state index is 11.8. The number of carbonyl (C=O) groups excluding carboxylic acids is 3. The van der Waals surface area contributed by atoms with Gasteiger partial charge >= 0.3 is 6.03 Å². The van der Waals surface area contributed by atoms with Crippen LogP contribution in [-0.4, -0.2) is 24.5 Å². The second-order valence-electron chi connectivity index (χ2n) is 4.68. The molecule has 0 radical (unpaired) electrons. The van der Waals surface area contributed by atoms with Crippen molar-refractivity contribution in [2.45, 2.75) is 19.8 Å². The molecule has 2 rings (SSSR count). The van der Waals surface area contributed by atoms with Gasteiger partial charge in [-0.15, -0.1) is 0 Å². The van der Waals surface area contributed by atoms with Crippen molar-refractivity contribution in [3.63, 3.8) is 0 Å². The number of amides is 4. The van der Waals surface area contributed by atoms with Gasteiger partial charge in [-0.2, -0.15) is 0 Å². The normalized spacial score (nSPS) is 14.5. The number of ether oxygens (including phenoxy) is 1.